The number of para-hydroxylation sites is 8. The first kappa shape index (κ1) is 69.3. The predicted molar refractivity (Wildman–Crippen MR) is 500 cm³/mol. The number of benzene rings is 17. The maximum Gasteiger partial charge on any atom is 0.234 e. The highest BCUT2D eigenvalue weighted by atomic mass is 15.2. The van der Waals surface area contributed by atoms with Crippen molar-refractivity contribution in [2.45, 2.75) is 0 Å². The van der Waals surface area contributed by atoms with Gasteiger partial charge in [0.2, 0.25) is 5.95 Å². The van der Waals surface area contributed by atoms with Crippen LogP contribution in [0.5, 0.6) is 0 Å². The lowest BCUT2D eigenvalue weighted by Crippen LogP contribution is -2.02. The van der Waals surface area contributed by atoms with Crippen LogP contribution < -0.4 is 0 Å². The molecular formula is C111H73N9. The van der Waals surface area contributed by atoms with Crippen molar-refractivity contribution < 1.29 is 0 Å². The largest absolute Gasteiger partial charge is 0.307 e. The number of rotatable bonds is 10. The Morgan fingerprint density at radius 1 is 0.158 bits per heavy atom. The summed E-state index contributed by atoms with van der Waals surface area (Å²) in [4.78, 5) is 15.0. The number of fused-ring (bicyclic) bond motifs is 21. The van der Waals surface area contributed by atoms with Crippen LogP contribution in [-0.2, 0) is 0 Å². The van der Waals surface area contributed by atoms with Crippen molar-refractivity contribution in [3.05, 3.63) is 443 Å². The standard InChI is InChI=1S/C42H28N2.C35H23N3.C34H22N4/c1-3-13-29(14-4-1)31-17-11-19-33(27-31)43-39-23-9-7-21-35(39)37-25-26-38-36-22-8-10-24-40(36)44(42(38)41(37)43)34-20-12-18-32(28-34)30-15-5-2-6-16-30;1-3-12-24(13-4-1)30-18-11-21-33(36-30)38-32-20-10-8-17-27(32)29-23-22-28-26-16-7-9-19-31(26)37(34(28)35(29)38)25-14-5-2-6-15-25;1-3-11-23(12-4-1)24-21-35-34(36-22-24)38-31-18-10-8-16-27(31)29-20-19-28-26-15-7-9-17-30(26)37(32(28)33(29)38)25-13-5-2-6-14-25/h1-28H;1-23H;1-22H. The van der Waals surface area contributed by atoms with Crippen LogP contribution in [0.25, 0.3) is 210 Å². The van der Waals surface area contributed by atoms with Crippen LogP contribution in [0.15, 0.2) is 443 Å². The van der Waals surface area contributed by atoms with Crippen LogP contribution in [-0.4, -0.2) is 42.4 Å². The van der Waals surface area contributed by atoms with Crippen molar-refractivity contribution in [2.75, 3.05) is 0 Å². The highest BCUT2D eigenvalue weighted by Crippen LogP contribution is 2.47. The molecular weight excluding hydrogens is 1460 g/mol. The second-order valence-corrected chi connectivity index (χ2v) is 30.6. The van der Waals surface area contributed by atoms with E-state index in [1.54, 1.807) is 0 Å². The smallest absolute Gasteiger partial charge is 0.234 e. The Bertz CT molecular complexity index is 8060. The monoisotopic (exact) mass is 1530 g/mol. The van der Waals surface area contributed by atoms with Crippen LogP contribution in [0, 0.1) is 0 Å². The van der Waals surface area contributed by atoms with Crippen LogP contribution in [0.2, 0.25) is 0 Å². The maximum absolute atomic E-state index is 5.20. The lowest BCUT2D eigenvalue weighted by atomic mass is 10.0. The summed E-state index contributed by atoms with van der Waals surface area (Å²) in [6.07, 6.45) is 3.84. The third kappa shape index (κ3) is 11.4. The Labute approximate surface area is 690 Å². The predicted octanol–water partition coefficient (Wildman–Crippen LogP) is 28.5. The molecule has 0 spiro atoms. The van der Waals surface area contributed by atoms with E-state index in [0.29, 0.717) is 5.95 Å². The molecule has 0 bridgehead atoms. The number of hydrogen-bond acceptors (Lipinski definition) is 3. The SMILES string of the molecule is c1ccc(-c2cccc(-n3c4ccccc4c4ccc5c6ccccc6n(-c6cccc(-c7ccccc7)c6)c5c43)c2)cc1.c1ccc(-c2cccc(-n3c4ccccc4c4ccc5c6ccccc6n(-c6ccccc6)c5c43)n2)cc1.c1ccc(-c2cnc(-n3c4ccccc4c4ccc5c6ccccc6n(-c6ccccc6)c5c43)nc2)cc1. The average molecular weight is 1530 g/mol. The molecule has 9 heteroatoms. The minimum atomic E-state index is 0.660. The van der Waals surface area contributed by atoms with Gasteiger partial charge in [0.15, 0.2) is 0 Å². The molecule has 0 radical (unpaired) electrons. The highest BCUT2D eigenvalue weighted by molar-refractivity contribution is 6.27. The Hall–Kier alpha value is -16.2. The van der Waals surface area contributed by atoms with Gasteiger partial charge in [-0.1, -0.05) is 334 Å². The molecule has 8 heterocycles. The Morgan fingerprint density at radius 3 is 0.767 bits per heavy atom. The first-order chi connectivity index (χ1) is 59.6. The Balaban J connectivity index is 0.000000105. The molecule has 0 fully saturated rings. The van der Waals surface area contributed by atoms with E-state index in [1.807, 2.05) is 36.7 Å². The third-order valence-electron chi connectivity index (χ3n) is 23.8. The van der Waals surface area contributed by atoms with Crippen molar-refractivity contribution in [2.24, 2.45) is 0 Å². The minimum Gasteiger partial charge on any atom is -0.307 e. The quantitative estimate of drug-likeness (QED) is 0.137. The van der Waals surface area contributed by atoms with Crippen molar-refractivity contribution in [3.63, 3.8) is 0 Å². The Morgan fingerprint density at radius 2 is 0.408 bits per heavy atom. The summed E-state index contributed by atoms with van der Waals surface area (Å²) in [5, 5.41) is 14.7. The molecule has 8 aromatic heterocycles. The van der Waals surface area contributed by atoms with Crippen molar-refractivity contribution in [3.8, 4) is 79.2 Å². The van der Waals surface area contributed by atoms with Gasteiger partial charge in [-0.3, -0.25) is 9.13 Å². The van der Waals surface area contributed by atoms with Gasteiger partial charge in [-0.25, -0.2) is 15.0 Å². The molecule has 0 atom stereocenters. The van der Waals surface area contributed by atoms with Gasteiger partial charge in [0.05, 0.1) is 71.9 Å². The zero-order valence-corrected chi connectivity index (χ0v) is 65.2. The second kappa shape index (κ2) is 28.9. The molecule has 9 nitrogen and oxygen atoms in total. The molecule has 0 unspecified atom stereocenters. The second-order valence-electron chi connectivity index (χ2n) is 30.6. The fourth-order valence-electron chi connectivity index (χ4n) is 18.6. The van der Waals surface area contributed by atoms with E-state index in [4.69, 9.17) is 15.0 Å². The fraction of sp³-hybridized carbons (Fsp3) is 0. The average Bonchev–Trinajstić information content (AvgIpc) is 1.56. The highest BCUT2D eigenvalue weighted by Gasteiger charge is 2.27. The fourth-order valence-corrected chi connectivity index (χ4v) is 18.6. The molecule has 25 aromatic rings. The van der Waals surface area contributed by atoms with Gasteiger partial charge in [0, 0.05) is 111 Å². The van der Waals surface area contributed by atoms with E-state index in [9.17, 15) is 0 Å². The molecule has 0 aliphatic rings. The molecule has 0 saturated heterocycles. The molecule has 17 aromatic carbocycles. The minimum absolute atomic E-state index is 0.660. The van der Waals surface area contributed by atoms with Crippen molar-refractivity contribution in [1.29, 1.82) is 0 Å². The number of hydrogen-bond donors (Lipinski definition) is 0. The molecule has 562 valence electrons. The lowest BCUT2D eigenvalue weighted by molar-refractivity contribution is 0.989. The summed E-state index contributed by atoms with van der Waals surface area (Å²) in [7, 11) is 0. The molecule has 25 rings (SSSR count). The van der Waals surface area contributed by atoms with Crippen LogP contribution in [0.1, 0.15) is 0 Å². The van der Waals surface area contributed by atoms with Gasteiger partial charge in [-0.2, -0.15) is 0 Å². The first-order valence-corrected chi connectivity index (χ1v) is 40.8. The summed E-state index contributed by atoms with van der Waals surface area (Å²) < 4.78 is 14.3. The van der Waals surface area contributed by atoms with E-state index in [1.165, 1.54) is 131 Å². The molecule has 120 heavy (non-hydrogen) atoms. The number of nitrogens with zero attached hydrogens (tertiary/aromatic N) is 9. The normalized spacial score (nSPS) is 11.7. The summed E-state index contributed by atoms with van der Waals surface area (Å²) >= 11 is 0. The summed E-state index contributed by atoms with van der Waals surface area (Å²) in [6, 6.07) is 153. The summed E-state index contributed by atoms with van der Waals surface area (Å²) in [6.45, 7) is 0. The van der Waals surface area contributed by atoms with Gasteiger partial charge in [-0.05, 0) is 125 Å². The van der Waals surface area contributed by atoms with Crippen LogP contribution in [0.4, 0.5) is 0 Å². The van der Waals surface area contributed by atoms with E-state index in [2.05, 4.69) is 434 Å². The van der Waals surface area contributed by atoms with E-state index < -0.39 is 0 Å². The van der Waals surface area contributed by atoms with Gasteiger partial charge in [-0.15, -0.1) is 0 Å². The third-order valence-corrected chi connectivity index (χ3v) is 23.8. The zero-order valence-electron chi connectivity index (χ0n) is 65.2. The summed E-state index contributed by atoms with van der Waals surface area (Å²) in [5.74, 6) is 1.57. The topological polar surface area (TPSA) is 68.2 Å². The molecule has 0 aliphatic heterocycles. The van der Waals surface area contributed by atoms with Crippen LogP contribution in [0.3, 0.4) is 0 Å². The molecule has 0 amide bonds. The maximum atomic E-state index is 5.20. The van der Waals surface area contributed by atoms with Crippen LogP contribution >= 0.6 is 0 Å². The zero-order chi connectivity index (χ0) is 79.1. The van der Waals surface area contributed by atoms with Gasteiger partial charge in [0.1, 0.15) is 5.82 Å². The summed E-state index contributed by atoms with van der Waals surface area (Å²) in [5.41, 5.74) is 27.7. The van der Waals surface area contributed by atoms with E-state index >= 15 is 0 Å². The van der Waals surface area contributed by atoms with E-state index in [0.717, 1.165) is 73.0 Å². The molecule has 0 saturated carbocycles. The number of aromatic nitrogens is 9. The van der Waals surface area contributed by atoms with Crippen molar-refractivity contribution in [1.82, 2.24) is 42.4 Å². The molecule has 0 aliphatic carbocycles. The van der Waals surface area contributed by atoms with Gasteiger partial charge >= 0.3 is 0 Å². The van der Waals surface area contributed by atoms with E-state index in [-0.39, 0.29) is 0 Å². The Kier molecular flexibility index (Phi) is 16.7. The van der Waals surface area contributed by atoms with Crippen molar-refractivity contribution >= 4 is 131 Å². The number of pyridine rings is 1. The van der Waals surface area contributed by atoms with Gasteiger partial charge in [0.25, 0.3) is 0 Å². The van der Waals surface area contributed by atoms with Gasteiger partial charge < -0.3 is 18.3 Å². The molecule has 0 N–H and O–H groups in total. The first-order valence-electron chi connectivity index (χ1n) is 40.8. The lowest BCUT2D eigenvalue weighted by Gasteiger charge is -2.14.